The van der Waals surface area contributed by atoms with E-state index in [-0.39, 0.29) is 5.91 Å². The van der Waals surface area contributed by atoms with Crippen molar-refractivity contribution in [2.75, 3.05) is 11.6 Å². The van der Waals surface area contributed by atoms with Gasteiger partial charge in [-0.15, -0.1) is 11.8 Å². The lowest BCUT2D eigenvalue weighted by Gasteiger charge is -2.13. The van der Waals surface area contributed by atoms with Gasteiger partial charge in [0.15, 0.2) is 0 Å². The average Bonchev–Trinajstić information content (AvgIpc) is 2.80. The lowest BCUT2D eigenvalue weighted by molar-refractivity contribution is 0.102. The summed E-state index contributed by atoms with van der Waals surface area (Å²) in [7, 11) is 0. The number of aromatic nitrogens is 1. The molecule has 142 valence electrons. The number of rotatable bonds is 5. The molecule has 0 aliphatic heterocycles. The van der Waals surface area contributed by atoms with Gasteiger partial charge in [-0.25, -0.2) is 0 Å². The summed E-state index contributed by atoms with van der Waals surface area (Å²) in [6.07, 6.45) is 3.80. The molecule has 4 aromatic rings. The van der Waals surface area contributed by atoms with E-state index in [0.717, 1.165) is 33.0 Å². The molecule has 0 atom stereocenters. The van der Waals surface area contributed by atoms with Gasteiger partial charge in [0.2, 0.25) is 0 Å². The zero-order valence-corrected chi connectivity index (χ0v) is 16.8. The monoisotopic (exact) mass is 396 g/mol. The predicted octanol–water partition coefficient (Wildman–Crippen LogP) is 6.39. The van der Waals surface area contributed by atoms with E-state index in [9.17, 15) is 4.79 Å². The molecule has 1 heterocycles. The Morgan fingerprint density at radius 2 is 1.62 bits per heavy atom. The fourth-order valence-electron chi connectivity index (χ4n) is 3.19. The van der Waals surface area contributed by atoms with E-state index >= 15 is 0 Å². The normalized spacial score (nSPS) is 10.5. The van der Waals surface area contributed by atoms with Gasteiger partial charge in [0, 0.05) is 27.9 Å². The molecule has 3 nitrogen and oxygen atoms in total. The molecule has 0 spiro atoms. The zero-order valence-electron chi connectivity index (χ0n) is 16.0. The van der Waals surface area contributed by atoms with Crippen molar-refractivity contribution in [3.05, 3.63) is 103 Å². The zero-order chi connectivity index (χ0) is 20.1. The molecule has 0 radical (unpaired) electrons. The van der Waals surface area contributed by atoms with Gasteiger partial charge in [0.25, 0.3) is 5.91 Å². The van der Waals surface area contributed by atoms with Crippen molar-refractivity contribution in [1.29, 1.82) is 0 Å². The molecule has 1 amide bonds. The number of hydrogen-bond donors (Lipinski definition) is 1. The summed E-state index contributed by atoms with van der Waals surface area (Å²) in [4.78, 5) is 18.6. The molecule has 0 aliphatic carbocycles. The van der Waals surface area contributed by atoms with Gasteiger partial charge in [0.1, 0.15) is 0 Å². The molecule has 29 heavy (non-hydrogen) atoms. The van der Waals surface area contributed by atoms with Crippen molar-refractivity contribution >= 4 is 23.4 Å². The molecule has 0 bridgehead atoms. The van der Waals surface area contributed by atoms with E-state index in [0.29, 0.717) is 5.56 Å². The lowest BCUT2D eigenvalue weighted by atomic mass is 9.99. The Hall–Kier alpha value is -3.37. The van der Waals surface area contributed by atoms with Crippen LogP contribution in [0.1, 0.15) is 10.4 Å². The Morgan fingerprint density at radius 3 is 2.38 bits per heavy atom. The Morgan fingerprint density at radius 1 is 0.828 bits per heavy atom. The van der Waals surface area contributed by atoms with Crippen LogP contribution in [0.2, 0.25) is 0 Å². The first-order valence-electron chi connectivity index (χ1n) is 9.31. The summed E-state index contributed by atoms with van der Waals surface area (Å²) in [5, 5.41) is 3.04. The van der Waals surface area contributed by atoms with E-state index in [4.69, 9.17) is 0 Å². The van der Waals surface area contributed by atoms with Crippen molar-refractivity contribution in [3.8, 4) is 22.4 Å². The number of carbonyl (C=O) groups is 1. The standard InChI is InChI=1S/C25H20N2OS/c1-29-21-13-14-22(23(17-21)18-8-3-2-4-9-18)25(28)27-20-11-7-10-19(16-20)24-12-5-6-15-26-24/h2-17H,1H3,(H,27,28). The van der Waals surface area contributed by atoms with Gasteiger partial charge < -0.3 is 5.32 Å². The maximum absolute atomic E-state index is 13.1. The first kappa shape index (κ1) is 19.0. The minimum Gasteiger partial charge on any atom is -0.322 e. The van der Waals surface area contributed by atoms with Gasteiger partial charge >= 0.3 is 0 Å². The fraction of sp³-hybridized carbons (Fsp3) is 0.0400. The van der Waals surface area contributed by atoms with E-state index in [1.807, 2.05) is 91.2 Å². The molecule has 0 saturated heterocycles. The first-order valence-corrected chi connectivity index (χ1v) is 10.5. The average molecular weight is 397 g/mol. The Kier molecular flexibility index (Phi) is 5.73. The highest BCUT2D eigenvalue weighted by atomic mass is 32.2. The molecular formula is C25H20N2OS. The van der Waals surface area contributed by atoms with Crippen LogP contribution in [-0.4, -0.2) is 17.1 Å². The highest BCUT2D eigenvalue weighted by Crippen LogP contribution is 2.29. The highest BCUT2D eigenvalue weighted by molar-refractivity contribution is 7.98. The third-order valence-electron chi connectivity index (χ3n) is 4.64. The van der Waals surface area contributed by atoms with E-state index in [1.54, 1.807) is 18.0 Å². The maximum atomic E-state index is 13.1. The first-order chi connectivity index (χ1) is 14.2. The highest BCUT2D eigenvalue weighted by Gasteiger charge is 2.14. The van der Waals surface area contributed by atoms with Crippen LogP contribution in [-0.2, 0) is 0 Å². The third kappa shape index (κ3) is 4.39. The molecule has 0 unspecified atom stereocenters. The number of benzene rings is 3. The van der Waals surface area contributed by atoms with Gasteiger partial charge in [-0.3, -0.25) is 9.78 Å². The number of pyridine rings is 1. The van der Waals surface area contributed by atoms with Crippen LogP contribution in [0.4, 0.5) is 5.69 Å². The van der Waals surface area contributed by atoms with Crippen LogP contribution in [0.15, 0.2) is 102 Å². The Bertz CT molecular complexity index is 1130. The number of nitrogens with zero attached hydrogens (tertiary/aromatic N) is 1. The summed E-state index contributed by atoms with van der Waals surface area (Å²) in [6, 6.07) is 29.5. The van der Waals surface area contributed by atoms with Crippen molar-refractivity contribution in [3.63, 3.8) is 0 Å². The Balaban J connectivity index is 1.66. The topological polar surface area (TPSA) is 42.0 Å². The van der Waals surface area contributed by atoms with Crippen LogP contribution in [0.5, 0.6) is 0 Å². The predicted molar refractivity (Wildman–Crippen MR) is 121 cm³/mol. The molecule has 1 aromatic heterocycles. The van der Waals surface area contributed by atoms with Crippen molar-refractivity contribution in [1.82, 2.24) is 4.98 Å². The number of hydrogen-bond acceptors (Lipinski definition) is 3. The maximum Gasteiger partial charge on any atom is 0.256 e. The molecule has 0 aliphatic rings. The molecule has 4 heteroatoms. The molecule has 0 saturated carbocycles. The molecule has 0 fully saturated rings. The van der Waals surface area contributed by atoms with E-state index in [2.05, 4.69) is 16.4 Å². The van der Waals surface area contributed by atoms with Crippen molar-refractivity contribution in [2.45, 2.75) is 4.90 Å². The molecule has 4 rings (SSSR count). The van der Waals surface area contributed by atoms with Crippen LogP contribution in [0, 0.1) is 0 Å². The summed E-state index contributed by atoms with van der Waals surface area (Å²) in [5.74, 6) is -0.130. The van der Waals surface area contributed by atoms with Crippen LogP contribution < -0.4 is 5.32 Å². The fourth-order valence-corrected chi connectivity index (χ4v) is 3.63. The van der Waals surface area contributed by atoms with E-state index in [1.165, 1.54) is 0 Å². The van der Waals surface area contributed by atoms with Crippen LogP contribution >= 0.6 is 11.8 Å². The number of amides is 1. The minimum absolute atomic E-state index is 0.130. The smallest absolute Gasteiger partial charge is 0.256 e. The number of carbonyl (C=O) groups excluding carboxylic acids is 1. The van der Waals surface area contributed by atoms with Crippen molar-refractivity contribution in [2.24, 2.45) is 0 Å². The summed E-state index contributed by atoms with van der Waals surface area (Å²) in [5.41, 5.74) is 5.18. The number of anilines is 1. The summed E-state index contributed by atoms with van der Waals surface area (Å²) in [6.45, 7) is 0. The second kappa shape index (κ2) is 8.76. The minimum atomic E-state index is -0.130. The lowest BCUT2D eigenvalue weighted by Crippen LogP contribution is -2.13. The van der Waals surface area contributed by atoms with Gasteiger partial charge in [0.05, 0.1) is 5.69 Å². The van der Waals surface area contributed by atoms with Crippen LogP contribution in [0.3, 0.4) is 0 Å². The van der Waals surface area contributed by atoms with E-state index < -0.39 is 0 Å². The molecular weight excluding hydrogens is 376 g/mol. The summed E-state index contributed by atoms with van der Waals surface area (Å²) < 4.78 is 0. The van der Waals surface area contributed by atoms with Crippen molar-refractivity contribution < 1.29 is 4.79 Å². The van der Waals surface area contributed by atoms with Crippen LogP contribution in [0.25, 0.3) is 22.4 Å². The largest absolute Gasteiger partial charge is 0.322 e. The summed E-state index contributed by atoms with van der Waals surface area (Å²) >= 11 is 1.66. The number of thioether (sulfide) groups is 1. The Labute approximate surface area is 174 Å². The van der Waals surface area contributed by atoms with Gasteiger partial charge in [-0.2, -0.15) is 0 Å². The van der Waals surface area contributed by atoms with Gasteiger partial charge in [-0.05, 0) is 59.8 Å². The second-order valence-corrected chi connectivity index (χ2v) is 7.41. The quantitative estimate of drug-likeness (QED) is 0.397. The third-order valence-corrected chi connectivity index (χ3v) is 5.36. The molecule has 3 aromatic carbocycles. The van der Waals surface area contributed by atoms with Gasteiger partial charge in [-0.1, -0.05) is 48.5 Å². The number of nitrogens with one attached hydrogen (secondary N) is 1. The SMILES string of the molecule is CSc1ccc(C(=O)Nc2cccc(-c3ccccn3)c2)c(-c2ccccc2)c1. The second-order valence-electron chi connectivity index (χ2n) is 6.53. The molecule has 1 N–H and O–H groups in total.